The molecule has 0 spiro atoms. The Kier molecular flexibility index (Phi) is 6.24. The highest BCUT2D eigenvalue weighted by atomic mass is 32.2. The van der Waals surface area contributed by atoms with Gasteiger partial charge in [-0.2, -0.15) is 9.40 Å². The van der Waals surface area contributed by atoms with Gasteiger partial charge in [0.05, 0.1) is 4.90 Å². The van der Waals surface area contributed by atoms with Gasteiger partial charge in [-0.25, -0.2) is 8.42 Å². The van der Waals surface area contributed by atoms with E-state index in [0.29, 0.717) is 30.1 Å². The van der Waals surface area contributed by atoms with Gasteiger partial charge in [0.1, 0.15) is 0 Å². The van der Waals surface area contributed by atoms with Gasteiger partial charge in [0.2, 0.25) is 15.9 Å². The third kappa shape index (κ3) is 4.72. The molecule has 2 N–H and O–H groups in total. The topological polar surface area (TPSA) is 112 Å². The first-order chi connectivity index (χ1) is 14.8. The van der Waals surface area contributed by atoms with Crippen molar-refractivity contribution in [1.29, 1.82) is 0 Å². The lowest BCUT2D eigenvalue weighted by Crippen LogP contribution is -2.41. The minimum Gasteiger partial charge on any atom is -0.309 e. The molecule has 1 aromatic carbocycles. The van der Waals surface area contributed by atoms with E-state index < -0.39 is 10.0 Å². The highest BCUT2D eigenvalue weighted by Gasteiger charge is 2.32. The number of ketones is 1. The largest absolute Gasteiger partial charge is 0.309 e. The summed E-state index contributed by atoms with van der Waals surface area (Å²) in [7, 11) is -3.65. The molecule has 1 amide bonds. The molecule has 1 aromatic heterocycles. The molecule has 0 atom stereocenters. The molecule has 1 aliphatic carbocycles. The molecule has 0 radical (unpaired) electrons. The maximum atomic E-state index is 12.9. The predicted molar refractivity (Wildman–Crippen MR) is 116 cm³/mol. The molecule has 0 bridgehead atoms. The number of H-pyrrole nitrogens is 1. The standard InChI is InChI=1S/C22H28N4O4S/c1-15(27)16-6-8-19(9-7-16)31(29,30)26-12-10-18(11-13-26)22(28)23-21-14-20(24-25-21)17-4-2-3-5-17/h6-9,14,17-18H,2-5,10-13H2,1H3,(H2,23,24,25,28). The van der Waals surface area contributed by atoms with Crippen LogP contribution in [0.3, 0.4) is 0 Å². The number of hydrogen-bond donors (Lipinski definition) is 2. The number of amides is 1. The van der Waals surface area contributed by atoms with Crippen molar-refractivity contribution in [1.82, 2.24) is 14.5 Å². The third-order valence-corrected chi connectivity index (χ3v) is 8.28. The minimum atomic E-state index is -3.65. The van der Waals surface area contributed by atoms with E-state index in [9.17, 15) is 18.0 Å². The molecule has 2 aliphatic rings. The summed E-state index contributed by atoms with van der Waals surface area (Å²) in [5, 5.41) is 10.1. The molecule has 166 valence electrons. The summed E-state index contributed by atoms with van der Waals surface area (Å²) < 4.78 is 27.2. The van der Waals surface area contributed by atoms with E-state index in [2.05, 4.69) is 15.5 Å². The van der Waals surface area contributed by atoms with E-state index in [1.54, 1.807) is 0 Å². The van der Waals surface area contributed by atoms with Gasteiger partial charge in [-0.15, -0.1) is 0 Å². The number of piperidine rings is 1. The number of nitrogens with one attached hydrogen (secondary N) is 2. The first kappa shape index (κ1) is 21.7. The maximum absolute atomic E-state index is 12.9. The summed E-state index contributed by atoms with van der Waals surface area (Å²) >= 11 is 0. The van der Waals surface area contributed by atoms with Crippen LogP contribution in [-0.2, 0) is 14.8 Å². The Labute approximate surface area is 182 Å². The number of aromatic amines is 1. The molecule has 1 saturated carbocycles. The zero-order valence-corrected chi connectivity index (χ0v) is 18.5. The van der Waals surface area contributed by atoms with Crippen LogP contribution >= 0.6 is 0 Å². The number of sulfonamides is 1. The number of Topliss-reactive ketones (excluding diaryl/α,β-unsaturated/α-hetero) is 1. The first-order valence-electron chi connectivity index (χ1n) is 10.8. The van der Waals surface area contributed by atoms with Gasteiger partial charge in [0, 0.05) is 42.2 Å². The third-order valence-electron chi connectivity index (χ3n) is 6.37. The number of carbonyl (C=O) groups excluding carboxylic acids is 2. The van der Waals surface area contributed by atoms with Crippen LogP contribution in [0.5, 0.6) is 0 Å². The van der Waals surface area contributed by atoms with E-state index in [0.717, 1.165) is 18.5 Å². The lowest BCUT2D eigenvalue weighted by molar-refractivity contribution is -0.120. The molecule has 2 heterocycles. The predicted octanol–water partition coefficient (Wildman–Crippen LogP) is 3.31. The SMILES string of the molecule is CC(=O)c1ccc(S(=O)(=O)N2CCC(C(=O)Nc3cc(C4CCCC4)[nH]n3)CC2)cc1. The van der Waals surface area contributed by atoms with Crippen LogP contribution in [-0.4, -0.2) is 47.7 Å². The molecule has 2 aromatic rings. The number of hydrogen-bond acceptors (Lipinski definition) is 5. The summed E-state index contributed by atoms with van der Waals surface area (Å²) in [5.41, 5.74) is 1.55. The second-order valence-electron chi connectivity index (χ2n) is 8.44. The molecule has 1 saturated heterocycles. The summed E-state index contributed by atoms with van der Waals surface area (Å²) in [4.78, 5) is 24.2. The Morgan fingerprint density at radius 3 is 2.32 bits per heavy atom. The van der Waals surface area contributed by atoms with Crippen molar-refractivity contribution in [3.63, 3.8) is 0 Å². The van der Waals surface area contributed by atoms with Crippen molar-refractivity contribution in [3.05, 3.63) is 41.6 Å². The van der Waals surface area contributed by atoms with Gasteiger partial charge < -0.3 is 5.32 Å². The molecule has 31 heavy (non-hydrogen) atoms. The maximum Gasteiger partial charge on any atom is 0.243 e. The lowest BCUT2D eigenvalue weighted by atomic mass is 9.97. The van der Waals surface area contributed by atoms with Gasteiger partial charge in [-0.05, 0) is 44.7 Å². The van der Waals surface area contributed by atoms with E-state index in [1.807, 2.05) is 6.07 Å². The fourth-order valence-electron chi connectivity index (χ4n) is 4.44. The van der Waals surface area contributed by atoms with E-state index in [-0.39, 0.29) is 35.6 Å². The molecule has 2 fully saturated rings. The number of rotatable bonds is 6. The van der Waals surface area contributed by atoms with Crippen molar-refractivity contribution in [2.75, 3.05) is 18.4 Å². The Hall–Kier alpha value is -2.52. The van der Waals surface area contributed by atoms with Crippen LogP contribution in [0.1, 0.15) is 67.4 Å². The van der Waals surface area contributed by atoms with Gasteiger partial charge in [0.15, 0.2) is 11.6 Å². The Bertz CT molecular complexity index is 1050. The monoisotopic (exact) mass is 444 g/mol. The van der Waals surface area contributed by atoms with Gasteiger partial charge in [0.25, 0.3) is 0 Å². The van der Waals surface area contributed by atoms with Crippen LogP contribution in [0, 0.1) is 5.92 Å². The molecule has 0 unspecified atom stereocenters. The van der Waals surface area contributed by atoms with Crippen LogP contribution < -0.4 is 5.32 Å². The van der Waals surface area contributed by atoms with Crippen LogP contribution in [0.15, 0.2) is 35.2 Å². The molecular formula is C22H28N4O4S. The number of carbonyl (C=O) groups is 2. The lowest BCUT2D eigenvalue weighted by Gasteiger charge is -2.30. The number of benzene rings is 1. The zero-order valence-electron chi connectivity index (χ0n) is 17.6. The van der Waals surface area contributed by atoms with Crippen molar-refractivity contribution < 1.29 is 18.0 Å². The average molecular weight is 445 g/mol. The van der Waals surface area contributed by atoms with Gasteiger partial charge in [-0.1, -0.05) is 25.0 Å². The van der Waals surface area contributed by atoms with Crippen molar-refractivity contribution in [2.24, 2.45) is 5.92 Å². The van der Waals surface area contributed by atoms with Crippen molar-refractivity contribution >= 4 is 27.5 Å². The molecule has 9 heteroatoms. The van der Waals surface area contributed by atoms with E-state index in [1.165, 1.54) is 48.3 Å². The normalized spacial score (nSPS) is 18.9. The molecule has 8 nitrogen and oxygen atoms in total. The summed E-state index contributed by atoms with van der Waals surface area (Å²) in [6.45, 7) is 2.00. The van der Waals surface area contributed by atoms with Crippen molar-refractivity contribution in [2.45, 2.75) is 56.3 Å². The summed E-state index contributed by atoms with van der Waals surface area (Å²) in [6.07, 6.45) is 5.68. The second-order valence-corrected chi connectivity index (χ2v) is 10.4. The summed E-state index contributed by atoms with van der Waals surface area (Å²) in [5.74, 6) is 0.553. The molecule has 4 rings (SSSR count). The minimum absolute atomic E-state index is 0.108. The quantitative estimate of drug-likeness (QED) is 0.664. The first-order valence-corrected chi connectivity index (χ1v) is 12.3. The Balaban J connectivity index is 1.33. The fourth-order valence-corrected chi connectivity index (χ4v) is 5.91. The highest BCUT2D eigenvalue weighted by molar-refractivity contribution is 7.89. The Morgan fingerprint density at radius 2 is 1.71 bits per heavy atom. The van der Waals surface area contributed by atoms with E-state index >= 15 is 0 Å². The average Bonchev–Trinajstić information content (AvgIpc) is 3.46. The van der Waals surface area contributed by atoms with Crippen molar-refractivity contribution in [3.8, 4) is 0 Å². The van der Waals surface area contributed by atoms with E-state index in [4.69, 9.17) is 0 Å². The number of nitrogens with zero attached hydrogens (tertiary/aromatic N) is 2. The van der Waals surface area contributed by atoms with Crippen LogP contribution in [0.25, 0.3) is 0 Å². The second kappa shape index (κ2) is 8.92. The molecular weight excluding hydrogens is 416 g/mol. The van der Waals surface area contributed by atoms with Crippen LogP contribution in [0.2, 0.25) is 0 Å². The smallest absolute Gasteiger partial charge is 0.243 e. The summed E-state index contributed by atoms with van der Waals surface area (Å²) in [6, 6.07) is 7.89. The van der Waals surface area contributed by atoms with Gasteiger partial charge >= 0.3 is 0 Å². The zero-order chi connectivity index (χ0) is 22.0. The van der Waals surface area contributed by atoms with Gasteiger partial charge in [-0.3, -0.25) is 14.7 Å². The highest BCUT2D eigenvalue weighted by Crippen LogP contribution is 2.34. The molecule has 1 aliphatic heterocycles. The van der Waals surface area contributed by atoms with Crippen LogP contribution in [0.4, 0.5) is 5.82 Å². The number of anilines is 1. The Morgan fingerprint density at radius 1 is 1.06 bits per heavy atom. The fraction of sp³-hybridized carbons (Fsp3) is 0.500. The number of aromatic nitrogens is 2.